The highest BCUT2D eigenvalue weighted by Crippen LogP contribution is 2.24. The first kappa shape index (κ1) is 11.1. The van der Waals surface area contributed by atoms with Crippen LogP contribution in [-0.4, -0.2) is 21.3 Å². The van der Waals surface area contributed by atoms with Gasteiger partial charge < -0.3 is 0 Å². The predicted molar refractivity (Wildman–Crippen MR) is 61.5 cm³/mol. The van der Waals surface area contributed by atoms with Crippen LogP contribution in [0, 0.1) is 6.92 Å². The first-order chi connectivity index (χ1) is 7.63. The molecular formula is C10H7Cl2N3O. The first-order valence-electron chi connectivity index (χ1n) is 4.46. The summed E-state index contributed by atoms with van der Waals surface area (Å²) in [6.07, 6.45) is 0.663. The van der Waals surface area contributed by atoms with Crippen molar-refractivity contribution in [3.63, 3.8) is 0 Å². The largest absolute Gasteiger partial charge is 0.296 e. The lowest BCUT2D eigenvalue weighted by atomic mass is 10.3. The molecule has 0 aliphatic heterocycles. The Morgan fingerprint density at radius 3 is 2.62 bits per heavy atom. The smallest absolute Gasteiger partial charge is 0.172 e. The Kier molecular flexibility index (Phi) is 2.94. The topological polar surface area (TPSA) is 47.8 Å². The van der Waals surface area contributed by atoms with Crippen LogP contribution in [0.25, 0.3) is 5.69 Å². The van der Waals surface area contributed by atoms with Gasteiger partial charge in [0.25, 0.3) is 0 Å². The van der Waals surface area contributed by atoms with Crippen LogP contribution in [0.2, 0.25) is 10.0 Å². The average Bonchev–Trinajstić information content (AvgIpc) is 2.64. The number of carbonyl (C=O) groups excluding carboxylic acids is 1. The molecule has 0 amide bonds. The van der Waals surface area contributed by atoms with Crippen molar-refractivity contribution < 1.29 is 4.79 Å². The maximum atomic E-state index is 10.6. The van der Waals surface area contributed by atoms with Gasteiger partial charge in [0.05, 0.1) is 21.4 Å². The van der Waals surface area contributed by atoms with Crippen LogP contribution in [-0.2, 0) is 0 Å². The zero-order chi connectivity index (χ0) is 11.7. The fourth-order valence-corrected chi connectivity index (χ4v) is 1.60. The van der Waals surface area contributed by atoms with E-state index < -0.39 is 0 Å². The van der Waals surface area contributed by atoms with Crippen molar-refractivity contribution in [1.82, 2.24) is 15.0 Å². The molecule has 2 rings (SSSR count). The van der Waals surface area contributed by atoms with Crippen molar-refractivity contribution in [2.75, 3.05) is 0 Å². The van der Waals surface area contributed by atoms with Crippen molar-refractivity contribution >= 4 is 29.5 Å². The summed E-state index contributed by atoms with van der Waals surface area (Å²) in [6, 6.07) is 5.09. The summed E-state index contributed by atoms with van der Waals surface area (Å²) in [7, 11) is 0. The van der Waals surface area contributed by atoms with E-state index in [4.69, 9.17) is 23.2 Å². The highest BCUT2D eigenvalue weighted by molar-refractivity contribution is 6.42. The SMILES string of the molecule is Cc1c(C=O)nnn1-c1ccc(Cl)c(Cl)c1. The summed E-state index contributed by atoms with van der Waals surface area (Å²) in [5, 5.41) is 8.50. The molecule has 1 heterocycles. The van der Waals surface area contributed by atoms with Crippen LogP contribution < -0.4 is 0 Å². The van der Waals surface area contributed by atoms with Gasteiger partial charge >= 0.3 is 0 Å². The zero-order valence-corrected chi connectivity index (χ0v) is 9.83. The highest BCUT2D eigenvalue weighted by atomic mass is 35.5. The second-order valence-electron chi connectivity index (χ2n) is 3.19. The minimum absolute atomic E-state index is 0.311. The molecule has 0 unspecified atom stereocenters. The Labute approximate surface area is 102 Å². The van der Waals surface area contributed by atoms with Gasteiger partial charge in [-0.05, 0) is 25.1 Å². The Balaban J connectivity index is 2.54. The van der Waals surface area contributed by atoms with E-state index in [0.29, 0.717) is 33.4 Å². The van der Waals surface area contributed by atoms with Crippen molar-refractivity contribution in [2.24, 2.45) is 0 Å². The number of aldehydes is 1. The van der Waals surface area contributed by atoms with E-state index in [0.717, 1.165) is 0 Å². The molecule has 0 radical (unpaired) electrons. The van der Waals surface area contributed by atoms with Gasteiger partial charge in [-0.1, -0.05) is 28.4 Å². The molecule has 1 aromatic heterocycles. The summed E-state index contributed by atoms with van der Waals surface area (Å²) in [5.41, 5.74) is 1.69. The number of hydrogen-bond donors (Lipinski definition) is 0. The molecule has 0 saturated heterocycles. The van der Waals surface area contributed by atoms with Crippen LogP contribution in [0.1, 0.15) is 16.2 Å². The van der Waals surface area contributed by atoms with Crippen molar-refractivity contribution in [1.29, 1.82) is 0 Å². The van der Waals surface area contributed by atoms with Crippen molar-refractivity contribution in [3.05, 3.63) is 39.6 Å². The van der Waals surface area contributed by atoms with Gasteiger partial charge in [-0.2, -0.15) is 0 Å². The average molecular weight is 256 g/mol. The summed E-state index contributed by atoms with van der Waals surface area (Å²) >= 11 is 11.7. The van der Waals surface area contributed by atoms with Crippen LogP contribution in [0.5, 0.6) is 0 Å². The van der Waals surface area contributed by atoms with Gasteiger partial charge in [0.15, 0.2) is 6.29 Å². The number of carbonyl (C=O) groups is 1. The number of benzene rings is 1. The maximum absolute atomic E-state index is 10.6. The second kappa shape index (κ2) is 4.23. The highest BCUT2D eigenvalue weighted by Gasteiger charge is 2.10. The number of halogens is 2. The van der Waals surface area contributed by atoms with Gasteiger partial charge in [0.1, 0.15) is 5.69 Å². The third-order valence-corrected chi connectivity index (χ3v) is 2.93. The Morgan fingerprint density at radius 2 is 2.06 bits per heavy atom. The van der Waals surface area contributed by atoms with Crippen LogP contribution in [0.3, 0.4) is 0 Å². The molecule has 0 fully saturated rings. The fraction of sp³-hybridized carbons (Fsp3) is 0.100. The molecule has 16 heavy (non-hydrogen) atoms. The number of rotatable bonds is 2. The third kappa shape index (κ3) is 1.81. The van der Waals surface area contributed by atoms with Crippen molar-refractivity contribution in [2.45, 2.75) is 6.92 Å². The molecule has 0 aliphatic carbocycles. The normalized spacial score (nSPS) is 10.4. The molecule has 1 aromatic carbocycles. The van der Waals surface area contributed by atoms with E-state index in [2.05, 4.69) is 10.3 Å². The molecule has 0 N–H and O–H groups in total. The Bertz CT molecular complexity index is 551. The lowest BCUT2D eigenvalue weighted by molar-refractivity contribution is 0.111. The molecule has 2 aromatic rings. The zero-order valence-electron chi connectivity index (χ0n) is 8.32. The van der Waals surface area contributed by atoms with Gasteiger partial charge in [-0.15, -0.1) is 5.10 Å². The standard InChI is InChI=1S/C10H7Cl2N3O/c1-6-10(5-16)13-14-15(6)7-2-3-8(11)9(12)4-7/h2-5H,1H3. The summed E-state index contributed by atoms with van der Waals surface area (Å²) in [4.78, 5) is 10.6. The fourth-order valence-electron chi connectivity index (χ4n) is 1.31. The molecule has 6 heteroatoms. The second-order valence-corrected chi connectivity index (χ2v) is 4.00. The van der Waals surface area contributed by atoms with E-state index in [9.17, 15) is 4.79 Å². The lowest BCUT2D eigenvalue weighted by Gasteiger charge is -2.04. The molecule has 82 valence electrons. The van der Waals surface area contributed by atoms with Gasteiger partial charge in [0, 0.05) is 0 Å². The minimum atomic E-state index is 0.311. The lowest BCUT2D eigenvalue weighted by Crippen LogP contribution is -1.99. The Morgan fingerprint density at radius 1 is 1.31 bits per heavy atom. The predicted octanol–water partition coefficient (Wildman–Crippen LogP) is 2.70. The molecule has 0 spiro atoms. The Hall–Kier alpha value is -1.39. The van der Waals surface area contributed by atoms with E-state index in [1.807, 2.05) is 0 Å². The maximum Gasteiger partial charge on any atom is 0.172 e. The number of nitrogens with zero attached hydrogens (tertiary/aromatic N) is 3. The molecular weight excluding hydrogens is 249 g/mol. The third-order valence-electron chi connectivity index (χ3n) is 2.19. The minimum Gasteiger partial charge on any atom is -0.296 e. The summed E-state index contributed by atoms with van der Waals surface area (Å²) in [6.45, 7) is 1.76. The van der Waals surface area contributed by atoms with E-state index >= 15 is 0 Å². The molecule has 0 aliphatic rings. The summed E-state index contributed by atoms with van der Waals surface area (Å²) < 4.78 is 1.53. The van der Waals surface area contributed by atoms with E-state index in [1.165, 1.54) is 4.68 Å². The molecule has 0 saturated carbocycles. The van der Waals surface area contributed by atoms with Gasteiger partial charge in [-0.25, -0.2) is 4.68 Å². The summed E-state index contributed by atoms with van der Waals surface area (Å²) in [5.74, 6) is 0. The molecule has 0 atom stereocenters. The van der Waals surface area contributed by atoms with Gasteiger partial charge in [0.2, 0.25) is 0 Å². The van der Waals surface area contributed by atoms with Crippen LogP contribution in [0.15, 0.2) is 18.2 Å². The van der Waals surface area contributed by atoms with Gasteiger partial charge in [-0.3, -0.25) is 4.79 Å². The van der Waals surface area contributed by atoms with Crippen LogP contribution in [0.4, 0.5) is 0 Å². The van der Waals surface area contributed by atoms with Crippen molar-refractivity contribution in [3.8, 4) is 5.69 Å². The monoisotopic (exact) mass is 255 g/mol. The molecule has 0 bridgehead atoms. The van der Waals surface area contributed by atoms with E-state index in [1.54, 1.807) is 25.1 Å². The van der Waals surface area contributed by atoms with Crippen LogP contribution >= 0.6 is 23.2 Å². The quantitative estimate of drug-likeness (QED) is 0.776. The number of aromatic nitrogens is 3. The number of hydrogen-bond acceptors (Lipinski definition) is 3. The van der Waals surface area contributed by atoms with E-state index in [-0.39, 0.29) is 0 Å². The molecule has 4 nitrogen and oxygen atoms in total. The first-order valence-corrected chi connectivity index (χ1v) is 5.22.